The van der Waals surface area contributed by atoms with Crippen LogP contribution in [0.5, 0.6) is 0 Å². The standard InChI is InChI=1S/C21H29F2N3O2/c1-14(27)25-7-4-21(5-8-25)6-9-26(13-21)16-11-19(24)20(28-12-16)17-10-15(22)2-3-18(17)23/h2-3,10,16,19-20H,4-9,11-13,24H2,1H3. The minimum atomic E-state index is -0.609. The van der Waals surface area contributed by atoms with Crippen LogP contribution in [0.2, 0.25) is 0 Å². The molecule has 4 rings (SSSR count). The van der Waals surface area contributed by atoms with E-state index in [0.29, 0.717) is 13.0 Å². The monoisotopic (exact) mass is 393 g/mol. The maximum absolute atomic E-state index is 14.1. The molecule has 1 aromatic rings. The van der Waals surface area contributed by atoms with Gasteiger partial charge in [0.25, 0.3) is 0 Å². The van der Waals surface area contributed by atoms with E-state index in [-0.39, 0.29) is 29.0 Å². The number of amides is 1. The molecule has 3 aliphatic rings. The number of nitrogens with zero attached hydrogens (tertiary/aromatic N) is 2. The number of carbonyl (C=O) groups excluding carboxylic acids is 1. The molecule has 0 bridgehead atoms. The SMILES string of the molecule is CC(=O)N1CCC2(CC1)CCN(C1COC(c3cc(F)ccc3F)C(N)C1)C2. The van der Waals surface area contributed by atoms with E-state index in [1.165, 1.54) is 6.07 Å². The van der Waals surface area contributed by atoms with Gasteiger partial charge in [-0.15, -0.1) is 0 Å². The first-order valence-electron chi connectivity index (χ1n) is 10.2. The first-order chi connectivity index (χ1) is 13.4. The van der Waals surface area contributed by atoms with Crippen molar-refractivity contribution in [2.24, 2.45) is 11.1 Å². The highest BCUT2D eigenvalue weighted by molar-refractivity contribution is 5.73. The molecule has 0 saturated carbocycles. The third kappa shape index (κ3) is 3.80. The van der Waals surface area contributed by atoms with Gasteiger partial charge in [-0.3, -0.25) is 9.69 Å². The molecule has 7 heteroatoms. The lowest BCUT2D eigenvalue weighted by Gasteiger charge is -2.41. The van der Waals surface area contributed by atoms with Crippen LogP contribution < -0.4 is 5.73 Å². The topological polar surface area (TPSA) is 58.8 Å². The fraction of sp³-hybridized carbons (Fsp3) is 0.667. The second-order valence-corrected chi connectivity index (χ2v) is 8.70. The lowest BCUT2D eigenvalue weighted by molar-refractivity contribution is -0.131. The highest BCUT2D eigenvalue weighted by atomic mass is 19.1. The van der Waals surface area contributed by atoms with Gasteiger partial charge in [0, 0.05) is 44.2 Å². The van der Waals surface area contributed by atoms with Gasteiger partial charge in [-0.25, -0.2) is 8.78 Å². The number of likely N-dealkylation sites (tertiary alicyclic amines) is 2. The van der Waals surface area contributed by atoms with Crippen molar-refractivity contribution in [3.05, 3.63) is 35.4 Å². The zero-order valence-corrected chi connectivity index (χ0v) is 16.4. The van der Waals surface area contributed by atoms with Crippen molar-refractivity contribution in [3.8, 4) is 0 Å². The van der Waals surface area contributed by atoms with Crippen molar-refractivity contribution in [2.75, 3.05) is 32.8 Å². The lowest BCUT2D eigenvalue weighted by Crippen LogP contribution is -2.50. The molecule has 154 valence electrons. The predicted molar refractivity (Wildman–Crippen MR) is 102 cm³/mol. The number of ether oxygens (including phenoxy) is 1. The number of nitrogens with two attached hydrogens (primary N) is 1. The molecule has 1 aromatic carbocycles. The Kier molecular flexibility index (Phi) is 5.42. The highest BCUT2D eigenvalue weighted by Gasteiger charge is 2.44. The molecule has 3 atom stereocenters. The van der Waals surface area contributed by atoms with Gasteiger partial charge >= 0.3 is 0 Å². The first-order valence-corrected chi connectivity index (χ1v) is 10.2. The molecule has 5 nitrogen and oxygen atoms in total. The first kappa shape index (κ1) is 19.7. The molecule has 3 heterocycles. The van der Waals surface area contributed by atoms with Crippen LogP contribution >= 0.6 is 0 Å². The van der Waals surface area contributed by atoms with Crippen molar-refractivity contribution in [1.29, 1.82) is 0 Å². The van der Waals surface area contributed by atoms with Gasteiger partial charge in [0.15, 0.2) is 0 Å². The van der Waals surface area contributed by atoms with Crippen LogP contribution in [-0.4, -0.2) is 60.6 Å². The van der Waals surface area contributed by atoms with Crippen molar-refractivity contribution >= 4 is 5.91 Å². The molecule has 1 spiro atoms. The molecule has 3 unspecified atom stereocenters. The Morgan fingerprint density at radius 1 is 1.21 bits per heavy atom. The normalized spacial score (nSPS) is 30.7. The summed E-state index contributed by atoms with van der Waals surface area (Å²) in [5.41, 5.74) is 6.81. The molecule has 0 radical (unpaired) electrons. The van der Waals surface area contributed by atoms with Gasteiger partial charge in [-0.1, -0.05) is 0 Å². The summed E-state index contributed by atoms with van der Waals surface area (Å²) in [5, 5.41) is 0. The number of hydrogen-bond donors (Lipinski definition) is 1. The second kappa shape index (κ2) is 7.69. The van der Waals surface area contributed by atoms with Crippen LogP contribution in [0.1, 0.15) is 44.3 Å². The van der Waals surface area contributed by atoms with Crippen LogP contribution in [0.4, 0.5) is 8.78 Å². The molecule has 3 aliphatic heterocycles. The van der Waals surface area contributed by atoms with Crippen molar-refractivity contribution in [3.63, 3.8) is 0 Å². The molecule has 0 aliphatic carbocycles. The Bertz CT molecular complexity index is 736. The average molecular weight is 393 g/mol. The zero-order valence-electron chi connectivity index (χ0n) is 16.4. The lowest BCUT2D eigenvalue weighted by atomic mass is 9.77. The smallest absolute Gasteiger partial charge is 0.219 e. The van der Waals surface area contributed by atoms with Gasteiger partial charge in [0.05, 0.1) is 6.61 Å². The van der Waals surface area contributed by atoms with Crippen LogP contribution in [0, 0.1) is 17.0 Å². The Morgan fingerprint density at radius 2 is 1.93 bits per heavy atom. The summed E-state index contributed by atoms with van der Waals surface area (Å²) in [4.78, 5) is 16.0. The summed E-state index contributed by atoms with van der Waals surface area (Å²) in [6.07, 6.45) is 3.31. The number of hydrogen-bond acceptors (Lipinski definition) is 4. The number of piperidine rings is 1. The fourth-order valence-electron chi connectivity index (χ4n) is 5.14. The summed E-state index contributed by atoms with van der Waals surface area (Å²) in [6, 6.07) is 3.26. The summed E-state index contributed by atoms with van der Waals surface area (Å²) in [5.74, 6) is -0.794. The number of carbonyl (C=O) groups is 1. The third-order valence-corrected chi connectivity index (χ3v) is 6.92. The predicted octanol–water partition coefficient (Wildman–Crippen LogP) is 2.46. The summed E-state index contributed by atoms with van der Waals surface area (Å²) in [6.45, 7) is 5.79. The van der Waals surface area contributed by atoms with Crippen molar-refractivity contribution < 1.29 is 18.3 Å². The van der Waals surface area contributed by atoms with E-state index in [1.807, 2.05) is 4.90 Å². The second-order valence-electron chi connectivity index (χ2n) is 8.70. The van der Waals surface area contributed by atoms with E-state index in [1.54, 1.807) is 6.92 Å². The van der Waals surface area contributed by atoms with Gasteiger partial charge in [-0.2, -0.15) is 0 Å². The fourth-order valence-corrected chi connectivity index (χ4v) is 5.14. The maximum Gasteiger partial charge on any atom is 0.219 e. The largest absolute Gasteiger partial charge is 0.370 e. The van der Waals surface area contributed by atoms with Crippen LogP contribution in [0.3, 0.4) is 0 Å². The highest BCUT2D eigenvalue weighted by Crippen LogP contribution is 2.42. The minimum Gasteiger partial charge on any atom is -0.370 e. The van der Waals surface area contributed by atoms with Gasteiger partial charge < -0.3 is 15.4 Å². The Labute approximate surface area is 164 Å². The Morgan fingerprint density at radius 3 is 2.61 bits per heavy atom. The molecule has 3 fully saturated rings. The van der Waals surface area contributed by atoms with Gasteiger partial charge in [0.1, 0.15) is 17.7 Å². The molecule has 1 amide bonds. The molecule has 2 N–H and O–H groups in total. The van der Waals surface area contributed by atoms with E-state index in [4.69, 9.17) is 10.5 Å². The number of benzene rings is 1. The van der Waals surface area contributed by atoms with Crippen LogP contribution in [0.25, 0.3) is 0 Å². The number of halogens is 2. The number of rotatable bonds is 2. The van der Waals surface area contributed by atoms with Crippen LogP contribution in [0.15, 0.2) is 18.2 Å². The summed E-state index contributed by atoms with van der Waals surface area (Å²) >= 11 is 0. The molecule has 28 heavy (non-hydrogen) atoms. The van der Waals surface area contributed by atoms with E-state index >= 15 is 0 Å². The van der Waals surface area contributed by atoms with E-state index in [2.05, 4.69) is 4.90 Å². The van der Waals surface area contributed by atoms with E-state index in [0.717, 1.165) is 57.6 Å². The molecular weight excluding hydrogens is 364 g/mol. The molecule has 3 saturated heterocycles. The van der Waals surface area contributed by atoms with Crippen LogP contribution in [-0.2, 0) is 9.53 Å². The molecule has 0 aromatic heterocycles. The van der Waals surface area contributed by atoms with E-state index in [9.17, 15) is 13.6 Å². The summed E-state index contributed by atoms with van der Waals surface area (Å²) in [7, 11) is 0. The average Bonchev–Trinajstić information content (AvgIpc) is 3.08. The van der Waals surface area contributed by atoms with Gasteiger partial charge in [-0.05, 0) is 55.8 Å². The minimum absolute atomic E-state index is 0.159. The van der Waals surface area contributed by atoms with E-state index < -0.39 is 17.7 Å². The zero-order chi connectivity index (χ0) is 19.9. The van der Waals surface area contributed by atoms with Gasteiger partial charge in [0.2, 0.25) is 5.91 Å². The Balaban J connectivity index is 1.36. The maximum atomic E-state index is 14.1. The van der Waals surface area contributed by atoms with Crippen molar-refractivity contribution in [2.45, 2.75) is 50.8 Å². The Hall–Kier alpha value is -1.57. The van der Waals surface area contributed by atoms with Crippen molar-refractivity contribution in [1.82, 2.24) is 9.80 Å². The quantitative estimate of drug-likeness (QED) is 0.839. The summed E-state index contributed by atoms with van der Waals surface area (Å²) < 4.78 is 33.6. The molecular formula is C21H29F2N3O2. The third-order valence-electron chi connectivity index (χ3n) is 6.92.